The third-order valence-electron chi connectivity index (χ3n) is 3.31. The van der Waals surface area contributed by atoms with Gasteiger partial charge in [0.25, 0.3) is 0 Å². The van der Waals surface area contributed by atoms with Crippen LogP contribution in [0.3, 0.4) is 0 Å². The maximum absolute atomic E-state index is 11.7. The summed E-state index contributed by atoms with van der Waals surface area (Å²) in [5, 5.41) is 2.81. The number of amides is 1. The van der Waals surface area contributed by atoms with Crippen LogP contribution >= 0.6 is 0 Å². The summed E-state index contributed by atoms with van der Waals surface area (Å²) in [6, 6.07) is 8.03. The Labute approximate surface area is 121 Å². The average Bonchev–Trinajstić information content (AvgIpc) is 2.44. The summed E-state index contributed by atoms with van der Waals surface area (Å²) in [6.07, 6.45) is -0.435. The van der Waals surface area contributed by atoms with Crippen molar-refractivity contribution >= 4 is 5.91 Å². The second-order valence-electron chi connectivity index (χ2n) is 5.27. The molecule has 0 saturated carbocycles. The van der Waals surface area contributed by atoms with E-state index in [0.29, 0.717) is 19.1 Å². The predicted molar refractivity (Wildman–Crippen MR) is 81.6 cm³/mol. The molecule has 0 bridgehead atoms. The van der Waals surface area contributed by atoms with Crippen molar-refractivity contribution in [3.8, 4) is 0 Å². The van der Waals surface area contributed by atoms with E-state index in [9.17, 15) is 4.79 Å². The Morgan fingerprint density at radius 2 is 1.75 bits per heavy atom. The molecule has 0 aromatic heterocycles. The molecule has 0 fully saturated rings. The lowest BCUT2D eigenvalue weighted by Gasteiger charge is -2.17. The highest BCUT2D eigenvalue weighted by atomic mass is 16.5. The van der Waals surface area contributed by atoms with Crippen LogP contribution in [0, 0.1) is 0 Å². The van der Waals surface area contributed by atoms with Gasteiger partial charge in [0, 0.05) is 19.2 Å². The minimum Gasteiger partial charge on any atom is -0.369 e. The molecule has 20 heavy (non-hydrogen) atoms. The quantitative estimate of drug-likeness (QED) is 0.804. The minimum absolute atomic E-state index is 0.124. The van der Waals surface area contributed by atoms with Gasteiger partial charge in [0.1, 0.15) is 6.10 Å². The standard InChI is InChI=1S/C16H26N2O2/c1-5-20-12(4)16(19)18-10-15(17)14-8-6-13(7-9-14)11(2)3/h6-9,11-12,15H,5,10,17H2,1-4H3,(H,18,19). The summed E-state index contributed by atoms with van der Waals surface area (Å²) in [4.78, 5) is 11.7. The fourth-order valence-corrected chi connectivity index (χ4v) is 1.93. The zero-order valence-corrected chi connectivity index (χ0v) is 12.8. The van der Waals surface area contributed by atoms with Gasteiger partial charge in [0.2, 0.25) is 5.91 Å². The molecular formula is C16H26N2O2. The number of carbonyl (C=O) groups excluding carboxylic acids is 1. The van der Waals surface area contributed by atoms with E-state index in [1.807, 2.05) is 19.1 Å². The summed E-state index contributed by atoms with van der Waals surface area (Å²) in [5.41, 5.74) is 8.40. The number of benzene rings is 1. The smallest absolute Gasteiger partial charge is 0.248 e. The van der Waals surface area contributed by atoms with Crippen LogP contribution in [-0.2, 0) is 9.53 Å². The number of hydrogen-bond acceptors (Lipinski definition) is 3. The monoisotopic (exact) mass is 278 g/mol. The molecule has 2 unspecified atom stereocenters. The molecule has 0 aliphatic heterocycles. The predicted octanol–water partition coefficient (Wildman–Crippen LogP) is 2.35. The van der Waals surface area contributed by atoms with Crippen molar-refractivity contribution in [1.82, 2.24) is 5.32 Å². The zero-order valence-electron chi connectivity index (χ0n) is 12.8. The SMILES string of the molecule is CCOC(C)C(=O)NCC(N)c1ccc(C(C)C)cc1. The molecule has 1 aromatic carbocycles. The lowest BCUT2D eigenvalue weighted by Crippen LogP contribution is -2.38. The fourth-order valence-electron chi connectivity index (χ4n) is 1.93. The summed E-state index contributed by atoms with van der Waals surface area (Å²) in [6.45, 7) is 8.86. The van der Waals surface area contributed by atoms with Gasteiger partial charge in [-0.1, -0.05) is 38.1 Å². The van der Waals surface area contributed by atoms with E-state index in [4.69, 9.17) is 10.5 Å². The molecule has 0 saturated heterocycles. The van der Waals surface area contributed by atoms with Crippen molar-refractivity contribution in [3.05, 3.63) is 35.4 Å². The van der Waals surface area contributed by atoms with Crippen LogP contribution in [0.4, 0.5) is 0 Å². The first-order valence-corrected chi connectivity index (χ1v) is 7.20. The highest BCUT2D eigenvalue weighted by Gasteiger charge is 2.14. The van der Waals surface area contributed by atoms with E-state index >= 15 is 0 Å². The van der Waals surface area contributed by atoms with E-state index in [0.717, 1.165) is 5.56 Å². The van der Waals surface area contributed by atoms with Gasteiger partial charge in [0.15, 0.2) is 0 Å². The number of rotatable bonds is 7. The Bertz CT molecular complexity index is 415. The summed E-state index contributed by atoms with van der Waals surface area (Å²) in [7, 11) is 0. The molecule has 0 aliphatic carbocycles. The highest BCUT2D eigenvalue weighted by molar-refractivity contribution is 5.80. The molecule has 3 N–H and O–H groups in total. The van der Waals surface area contributed by atoms with E-state index < -0.39 is 6.10 Å². The van der Waals surface area contributed by atoms with Gasteiger partial charge in [-0.25, -0.2) is 0 Å². The molecule has 0 radical (unpaired) electrons. The molecule has 1 amide bonds. The molecule has 0 aliphatic rings. The zero-order chi connectivity index (χ0) is 15.1. The number of hydrogen-bond donors (Lipinski definition) is 2. The number of nitrogens with two attached hydrogens (primary N) is 1. The van der Waals surface area contributed by atoms with Crippen LogP contribution < -0.4 is 11.1 Å². The first kappa shape index (κ1) is 16.7. The van der Waals surface area contributed by atoms with Crippen LogP contribution in [0.5, 0.6) is 0 Å². The van der Waals surface area contributed by atoms with Crippen molar-refractivity contribution in [2.45, 2.75) is 45.8 Å². The van der Waals surface area contributed by atoms with Gasteiger partial charge < -0.3 is 15.8 Å². The summed E-state index contributed by atoms with van der Waals surface area (Å²) < 4.78 is 5.23. The van der Waals surface area contributed by atoms with Crippen molar-refractivity contribution in [2.24, 2.45) is 5.73 Å². The van der Waals surface area contributed by atoms with E-state index in [2.05, 4.69) is 31.3 Å². The molecule has 112 valence electrons. The van der Waals surface area contributed by atoms with E-state index in [1.54, 1.807) is 6.92 Å². The molecule has 0 spiro atoms. The third-order valence-corrected chi connectivity index (χ3v) is 3.31. The molecule has 1 rings (SSSR count). The Morgan fingerprint density at radius 3 is 2.25 bits per heavy atom. The Hall–Kier alpha value is -1.39. The van der Waals surface area contributed by atoms with Gasteiger partial charge in [0.05, 0.1) is 0 Å². The van der Waals surface area contributed by atoms with Gasteiger partial charge in [-0.15, -0.1) is 0 Å². The van der Waals surface area contributed by atoms with E-state index in [-0.39, 0.29) is 11.9 Å². The molecule has 4 nitrogen and oxygen atoms in total. The molecule has 4 heteroatoms. The van der Waals surface area contributed by atoms with Crippen molar-refractivity contribution in [3.63, 3.8) is 0 Å². The third kappa shape index (κ3) is 4.94. The molecule has 2 atom stereocenters. The lowest BCUT2D eigenvalue weighted by atomic mass is 9.99. The fraction of sp³-hybridized carbons (Fsp3) is 0.562. The largest absolute Gasteiger partial charge is 0.369 e. The summed E-state index contributed by atoms with van der Waals surface area (Å²) in [5.74, 6) is 0.383. The number of carbonyl (C=O) groups is 1. The van der Waals surface area contributed by atoms with Crippen LogP contribution in [0.15, 0.2) is 24.3 Å². The Morgan fingerprint density at radius 1 is 1.20 bits per heavy atom. The first-order chi connectivity index (χ1) is 9.45. The van der Waals surface area contributed by atoms with Crippen molar-refractivity contribution < 1.29 is 9.53 Å². The van der Waals surface area contributed by atoms with Crippen molar-refractivity contribution in [1.29, 1.82) is 0 Å². The maximum atomic E-state index is 11.7. The van der Waals surface area contributed by atoms with Crippen LogP contribution in [0.2, 0.25) is 0 Å². The van der Waals surface area contributed by atoms with Gasteiger partial charge in [-0.05, 0) is 30.9 Å². The summed E-state index contributed by atoms with van der Waals surface area (Å²) >= 11 is 0. The van der Waals surface area contributed by atoms with Crippen LogP contribution in [-0.4, -0.2) is 25.2 Å². The van der Waals surface area contributed by atoms with Gasteiger partial charge in [-0.2, -0.15) is 0 Å². The maximum Gasteiger partial charge on any atom is 0.248 e. The van der Waals surface area contributed by atoms with E-state index in [1.165, 1.54) is 5.56 Å². The second kappa shape index (κ2) is 8.02. The lowest BCUT2D eigenvalue weighted by molar-refractivity contribution is -0.131. The van der Waals surface area contributed by atoms with Crippen molar-refractivity contribution in [2.75, 3.05) is 13.2 Å². The number of ether oxygens (including phenoxy) is 1. The van der Waals surface area contributed by atoms with Gasteiger partial charge in [-0.3, -0.25) is 4.79 Å². The minimum atomic E-state index is -0.435. The van der Waals surface area contributed by atoms with Crippen LogP contribution in [0.1, 0.15) is 50.8 Å². The van der Waals surface area contributed by atoms with Gasteiger partial charge >= 0.3 is 0 Å². The Kier molecular flexibility index (Phi) is 6.68. The molecule has 1 aromatic rings. The topological polar surface area (TPSA) is 64.3 Å². The molecular weight excluding hydrogens is 252 g/mol. The second-order valence-corrected chi connectivity index (χ2v) is 5.27. The van der Waals surface area contributed by atoms with Crippen LogP contribution in [0.25, 0.3) is 0 Å². The highest BCUT2D eigenvalue weighted by Crippen LogP contribution is 2.17. The Balaban J connectivity index is 2.50. The average molecular weight is 278 g/mol. The first-order valence-electron chi connectivity index (χ1n) is 7.20. The normalized spacial score (nSPS) is 14.1. The molecule has 0 heterocycles. The number of nitrogens with one attached hydrogen (secondary N) is 1.